The molecule has 3 aromatic heterocycles. The lowest BCUT2D eigenvalue weighted by Gasteiger charge is -2.31. The number of aromatic amines is 1. The van der Waals surface area contributed by atoms with Crippen LogP contribution in [0, 0.1) is 0 Å². The zero-order valence-corrected chi connectivity index (χ0v) is 27.1. The van der Waals surface area contributed by atoms with Crippen LogP contribution in [-0.2, 0) is 23.4 Å². The molecule has 2 aliphatic rings. The van der Waals surface area contributed by atoms with Crippen LogP contribution in [0.2, 0.25) is 0 Å². The lowest BCUT2D eigenvalue weighted by Crippen LogP contribution is -2.38. The average Bonchev–Trinajstić information content (AvgIpc) is 3.56. The number of likely N-dealkylation sites (tertiary alicyclic amines) is 1. The lowest BCUT2D eigenvalue weighted by atomic mass is 9.94. The summed E-state index contributed by atoms with van der Waals surface area (Å²) in [4.78, 5) is 24.6. The molecule has 45 heavy (non-hydrogen) atoms. The number of methoxy groups -OCH3 is 1. The predicted octanol–water partition coefficient (Wildman–Crippen LogP) is 6.07. The molecule has 0 amide bonds. The highest BCUT2D eigenvalue weighted by molar-refractivity contribution is 7.91. The van der Waals surface area contributed by atoms with E-state index in [0.717, 1.165) is 95.5 Å². The quantitative estimate of drug-likeness (QED) is 0.235. The maximum Gasteiger partial charge on any atom is 0.329 e. The minimum Gasteiger partial charge on any atom is -0.497 e. The van der Waals surface area contributed by atoms with Crippen molar-refractivity contribution in [3.8, 4) is 28.1 Å². The van der Waals surface area contributed by atoms with Gasteiger partial charge in [-0.05, 0) is 67.6 Å². The van der Waals surface area contributed by atoms with E-state index in [-0.39, 0.29) is 17.0 Å². The third-order valence-corrected chi connectivity index (χ3v) is 11.7. The number of nitrogens with zero attached hydrogens (tertiary/aromatic N) is 4. The van der Waals surface area contributed by atoms with E-state index in [1.807, 2.05) is 29.9 Å². The SMILES string of the molecule is COc1ccc(-c2c(-c3ccc(CN4CCC(S(C)(=O)=O)CC4)cc3)[nH]c3ncc4c(c23)n(C2CCCCC2)c(=O)n4C)cc1. The summed E-state index contributed by atoms with van der Waals surface area (Å²) in [6, 6.07) is 16.9. The number of rotatable bonds is 7. The molecule has 7 rings (SSSR count). The standard InChI is InChI=1S/C35H41N5O4S/c1-38-29-21-36-34-31(33(29)40(35(38)41)26-7-5-4-6-8-26)30(24-13-15-27(44-2)16-14-24)32(37-34)25-11-9-23(10-12-25)22-39-19-17-28(18-20-39)45(3,42)43/h9-16,21,26,28H,4-8,17-20,22H2,1-3H3,(H,36,37). The minimum absolute atomic E-state index is 0.0135. The van der Waals surface area contributed by atoms with Crippen LogP contribution in [0.1, 0.15) is 56.6 Å². The van der Waals surface area contributed by atoms with Crippen LogP contribution >= 0.6 is 0 Å². The van der Waals surface area contributed by atoms with E-state index in [1.54, 1.807) is 11.7 Å². The van der Waals surface area contributed by atoms with Crippen LogP contribution in [0.5, 0.6) is 5.75 Å². The first-order valence-corrected chi connectivity index (χ1v) is 17.9. The Hall–Kier alpha value is -3.89. The number of benzene rings is 2. The van der Waals surface area contributed by atoms with Gasteiger partial charge < -0.3 is 9.72 Å². The van der Waals surface area contributed by atoms with Crippen molar-refractivity contribution in [2.75, 3.05) is 26.5 Å². The number of aryl methyl sites for hydroxylation is 1. The minimum atomic E-state index is -2.99. The number of hydrogen-bond acceptors (Lipinski definition) is 6. The van der Waals surface area contributed by atoms with E-state index in [9.17, 15) is 13.2 Å². The Morgan fingerprint density at radius 3 is 2.24 bits per heavy atom. The molecule has 0 bridgehead atoms. The van der Waals surface area contributed by atoms with Crippen LogP contribution in [0.3, 0.4) is 0 Å². The monoisotopic (exact) mass is 627 g/mol. The molecule has 1 aliphatic carbocycles. The van der Waals surface area contributed by atoms with Crippen LogP contribution in [0.4, 0.5) is 0 Å². The fourth-order valence-corrected chi connectivity index (χ4v) is 8.52. The Balaban J connectivity index is 1.32. The summed E-state index contributed by atoms with van der Waals surface area (Å²) in [6.45, 7) is 2.35. The number of pyridine rings is 1. The normalized spacial score (nSPS) is 17.4. The van der Waals surface area contributed by atoms with Gasteiger partial charge >= 0.3 is 5.69 Å². The molecule has 236 valence electrons. The Bertz CT molecular complexity index is 2010. The molecule has 2 aromatic carbocycles. The van der Waals surface area contributed by atoms with Gasteiger partial charge in [-0.2, -0.15) is 0 Å². The highest BCUT2D eigenvalue weighted by Crippen LogP contribution is 2.42. The van der Waals surface area contributed by atoms with Crippen molar-refractivity contribution in [2.24, 2.45) is 7.05 Å². The number of imidazole rings is 1. The lowest BCUT2D eigenvalue weighted by molar-refractivity contribution is 0.222. The van der Waals surface area contributed by atoms with Crippen molar-refractivity contribution in [1.29, 1.82) is 0 Å². The zero-order valence-electron chi connectivity index (χ0n) is 26.3. The van der Waals surface area contributed by atoms with Gasteiger partial charge in [-0.3, -0.25) is 14.0 Å². The highest BCUT2D eigenvalue weighted by Gasteiger charge is 2.28. The number of sulfone groups is 1. The van der Waals surface area contributed by atoms with Gasteiger partial charge in [-0.15, -0.1) is 0 Å². The van der Waals surface area contributed by atoms with Gasteiger partial charge in [0.15, 0.2) is 0 Å². The molecule has 4 heterocycles. The Morgan fingerprint density at radius 2 is 1.60 bits per heavy atom. The third kappa shape index (κ3) is 5.48. The first kappa shape index (κ1) is 29.8. The number of piperidine rings is 1. The van der Waals surface area contributed by atoms with Gasteiger partial charge in [-0.25, -0.2) is 18.2 Å². The van der Waals surface area contributed by atoms with Gasteiger partial charge in [0, 0.05) is 31.5 Å². The van der Waals surface area contributed by atoms with Gasteiger partial charge in [0.2, 0.25) is 0 Å². The first-order valence-electron chi connectivity index (χ1n) is 16.0. The second-order valence-corrected chi connectivity index (χ2v) is 15.2. The van der Waals surface area contributed by atoms with Gasteiger partial charge in [0.05, 0.1) is 40.7 Å². The largest absolute Gasteiger partial charge is 0.497 e. The number of hydrogen-bond donors (Lipinski definition) is 1. The number of ether oxygens (including phenoxy) is 1. The van der Waals surface area contributed by atoms with E-state index in [1.165, 1.54) is 18.2 Å². The van der Waals surface area contributed by atoms with Crippen LogP contribution in [-0.4, -0.2) is 64.1 Å². The smallest absolute Gasteiger partial charge is 0.329 e. The van der Waals surface area contributed by atoms with E-state index < -0.39 is 9.84 Å². The van der Waals surface area contributed by atoms with Crippen molar-refractivity contribution >= 4 is 31.9 Å². The maximum atomic E-state index is 13.7. The molecule has 1 N–H and O–H groups in total. The van der Waals surface area contributed by atoms with Crippen molar-refractivity contribution < 1.29 is 13.2 Å². The molecule has 0 spiro atoms. The third-order valence-electron chi connectivity index (χ3n) is 9.98. The fraction of sp³-hybridized carbons (Fsp3) is 0.429. The van der Waals surface area contributed by atoms with Gasteiger partial charge in [0.1, 0.15) is 21.2 Å². The molecule has 1 saturated heterocycles. The molecule has 5 aromatic rings. The average molecular weight is 628 g/mol. The fourth-order valence-electron chi connectivity index (χ4n) is 7.45. The highest BCUT2D eigenvalue weighted by atomic mass is 32.2. The summed E-state index contributed by atoms with van der Waals surface area (Å²) in [7, 11) is 0.529. The number of aromatic nitrogens is 4. The van der Waals surface area contributed by atoms with Crippen molar-refractivity contribution in [3.63, 3.8) is 0 Å². The molecule has 1 aliphatic heterocycles. The first-order chi connectivity index (χ1) is 21.7. The number of nitrogens with one attached hydrogen (secondary N) is 1. The molecule has 2 fully saturated rings. The maximum absolute atomic E-state index is 13.7. The zero-order chi connectivity index (χ0) is 31.3. The van der Waals surface area contributed by atoms with Gasteiger partial charge in [-0.1, -0.05) is 55.7 Å². The molecule has 0 radical (unpaired) electrons. The van der Waals surface area contributed by atoms with Crippen LogP contribution in [0.15, 0.2) is 59.5 Å². The van der Waals surface area contributed by atoms with E-state index in [4.69, 9.17) is 9.72 Å². The molecule has 0 atom stereocenters. The molecular formula is C35H41N5O4S. The second-order valence-electron chi connectivity index (χ2n) is 12.8. The Morgan fingerprint density at radius 1 is 0.933 bits per heavy atom. The summed E-state index contributed by atoms with van der Waals surface area (Å²) >= 11 is 0. The Labute approximate surface area is 263 Å². The molecule has 10 heteroatoms. The Kier molecular flexibility index (Phi) is 7.81. The van der Waals surface area contributed by atoms with Crippen molar-refractivity contribution in [2.45, 2.75) is 62.8 Å². The number of fused-ring (bicyclic) bond motifs is 3. The summed E-state index contributed by atoms with van der Waals surface area (Å²) in [5.74, 6) is 0.784. The molecule has 0 unspecified atom stereocenters. The summed E-state index contributed by atoms with van der Waals surface area (Å²) in [5, 5.41) is 0.738. The molecule has 1 saturated carbocycles. The van der Waals surface area contributed by atoms with Crippen LogP contribution in [0.25, 0.3) is 44.5 Å². The number of H-pyrrole nitrogens is 1. The summed E-state index contributed by atoms with van der Waals surface area (Å²) < 4.78 is 33.2. The predicted molar refractivity (Wildman–Crippen MR) is 180 cm³/mol. The van der Waals surface area contributed by atoms with E-state index in [2.05, 4.69) is 46.3 Å². The van der Waals surface area contributed by atoms with Crippen molar-refractivity contribution in [1.82, 2.24) is 24.0 Å². The van der Waals surface area contributed by atoms with Gasteiger partial charge in [0.25, 0.3) is 0 Å². The molecule has 9 nitrogen and oxygen atoms in total. The van der Waals surface area contributed by atoms with E-state index >= 15 is 0 Å². The van der Waals surface area contributed by atoms with E-state index in [0.29, 0.717) is 12.8 Å². The molecular weight excluding hydrogens is 586 g/mol. The topological polar surface area (TPSA) is 102 Å². The summed E-state index contributed by atoms with van der Waals surface area (Å²) in [6.07, 6.45) is 10.0. The van der Waals surface area contributed by atoms with Crippen molar-refractivity contribution in [3.05, 3.63) is 70.8 Å². The summed E-state index contributed by atoms with van der Waals surface area (Å²) in [5.41, 5.74) is 7.79. The van der Waals surface area contributed by atoms with Crippen LogP contribution < -0.4 is 10.4 Å². The second kappa shape index (κ2) is 11.8.